The average Bonchev–Trinajstić information content (AvgIpc) is 2.77. The van der Waals surface area contributed by atoms with Crippen molar-refractivity contribution in [3.63, 3.8) is 0 Å². The van der Waals surface area contributed by atoms with E-state index in [0.29, 0.717) is 30.4 Å². The van der Waals surface area contributed by atoms with Gasteiger partial charge < -0.3 is 10.3 Å². The van der Waals surface area contributed by atoms with Crippen molar-refractivity contribution in [3.05, 3.63) is 18.0 Å². The molecule has 6 heteroatoms. The summed E-state index contributed by atoms with van der Waals surface area (Å²) in [5.74, 6) is 0.354. The fourth-order valence-electron chi connectivity index (χ4n) is 1.94. The van der Waals surface area contributed by atoms with E-state index in [1.807, 2.05) is 14.0 Å². The molecular formula is C13H25N3O2S. The van der Waals surface area contributed by atoms with Crippen molar-refractivity contribution in [1.29, 1.82) is 0 Å². The molecule has 0 fully saturated rings. The van der Waals surface area contributed by atoms with E-state index in [0.717, 1.165) is 12.1 Å². The van der Waals surface area contributed by atoms with Crippen LogP contribution in [0.4, 0.5) is 0 Å². The molecule has 0 bridgehead atoms. The van der Waals surface area contributed by atoms with Crippen LogP contribution in [0.5, 0.6) is 0 Å². The molecule has 0 saturated carbocycles. The summed E-state index contributed by atoms with van der Waals surface area (Å²) in [7, 11) is -1.60. The van der Waals surface area contributed by atoms with E-state index in [1.165, 1.54) is 4.31 Å². The van der Waals surface area contributed by atoms with E-state index >= 15 is 0 Å². The van der Waals surface area contributed by atoms with Crippen molar-refractivity contribution in [2.45, 2.75) is 38.6 Å². The number of aryl methyl sites for hydroxylation is 1. The van der Waals surface area contributed by atoms with Crippen LogP contribution in [0.3, 0.4) is 0 Å². The number of nitrogens with two attached hydrogens (primary N) is 1. The molecule has 0 saturated heterocycles. The maximum absolute atomic E-state index is 12.6. The third-order valence-corrected chi connectivity index (χ3v) is 5.40. The summed E-state index contributed by atoms with van der Waals surface area (Å²) in [5, 5.41) is 0. The second-order valence-electron chi connectivity index (χ2n) is 4.95. The van der Waals surface area contributed by atoms with Crippen LogP contribution in [0, 0.1) is 5.92 Å². The highest BCUT2D eigenvalue weighted by atomic mass is 32.2. The zero-order valence-electron chi connectivity index (χ0n) is 12.3. The van der Waals surface area contributed by atoms with Crippen LogP contribution >= 0.6 is 0 Å². The quantitative estimate of drug-likeness (QED) is 0.827. The highest BCUT2D eigenvalue weighted by molar-refractivity contribution is 7.89. The lowest BCUT2D eigenvalue weighted by molar-refractivity contribution is 0.361. The maximum Gasteiger partial charge on any atom is 0.244 e. The largest absolute Gasteiger partial charge is 0.352 e. The van der Waals surface area contributed by atoms with Gasteiger partial charge in [0.25, 0.3) is 0 Å². The Morgan fingerprint density at radius 3 is 2.47 bits per heavy atom. The molecule has 0 amide bonds. The zero-order valence-corrected chi connectivity index (χ0v) is 13.1. The third-order valence-electron chi connectivity index (χ3n) is 3.49. The molecule has 1 unspecified atom stereocenters. The summed E-state index contributed by atoms with van der Waals surface area (Å²) in [6.45, 7) is 7.38. The molecule has 110 valence electrons. The molecule has 0 spiro atoms. The van der Waals surface area contributed by atoms with E-state index in [9.17, 15) is 8.42 Å². The minimum absolute atomic E-state index is 0.334. The van der Waals surface area contributed by atoms with E-state index in [4.69, 9.17) is 5.73 Å². The predicted octanol–water partition coefficient (Wildman–Crippen LogP) is 1.54. The summed E-state index contributed by atoms with van der Waals surface area (Å²) >= 11 is 0. The Bertz CT molecular complexity index is 508. The molecule has 1 atom stereocenters. The van der Waals surface area contributed by atoms with Gasteiger partial charge in [-0.3, -0.25) is 0 Å². The molecule has 1 aromatic rings. The van der Waals surface area contributed by atoms with Crippen molar-refractivity contribution in [2.75, 3.05) is 13.1 Å². The van der Waals surface area contributed by atoms with E-state index in [-0.39, 0.29) is 0 Å². The molecule has 0 radical (unpaired) electrons. The monoisotopic (exact) mass is 287 g/mol. The highest BCUT2D eigenvalue weighted by Gasteiger charge is 2.25. The SMILES string of the molecule is CCC(C)CN(CC)S(=O)(=O)c1cc(CN)n(C)c1. The molecule has 1 heterocycles. The van der Waals surface area contributed by atoms with Crippen LogP contribution in [-0.2, 0) is 23.6 Å². The molecule has 1 rings (SSSR count). The van der Waals surface area contributed by atoms with E-state index in [2.05, 4.69) is 13.8 Å². The lowest BCUT2D eigenvalue weighted by Crippen LogP contribution is -2.34. The third kappa shape index (κ3) is 3.58. The summed E-state index contributed by atoms with van der Waals surface area (Å²) in [6, 6.07) is 1.66. The number of rotatable bonds is 7. The van der Waals surface area contributed by atoms with Crippen LogP contribution in [0.2, 0.25) is 0 Å². The Kier molecular flexibility index (Phi) is 5.58. The molecular weight excluding hydrogens is 262 g/mol. The smallest absolute Gasteiger partial charge is 0.244 e. The van der Waals surface area contributed by atoms with Gasteiger partial charge in [0.05, 0.1) is 0 Å². The first kappa shape index (κ1) is 16.2. The maximum atomic E-state index is 12.6. The first-order chi connectivity index (χ1) is 8.86. The lowest BCUT2D eigenvalue weighted by atomic mass is 10.1. The average molecular weight is 287 g/mol. The van der Waals surface area contributed by atoms with Gasteiger partial charge >= 0.3 is 0 Å². The van der Waals surface area contributed by atoms with Crippen LogP contribution in [-0.4, -0.2) is 30.4 Å². The van der Waals surface area contributed by atoms with Gasteiger partial charge in [0.15, 0.2) is 0 Å². The summed E-state index contributed by atoms with van der Waals surface area (Å²) in [4.78, 5) is 0.334. The summed E-state index contributed by atoms with van der Waals surface area (Å²) < 4.78 is 28.4. The summed E-state index contributed by atoms with van der Waals surface area (Å²) in [5.41, 5.74) is 6.41. The van der Waals surface area contributed by atoms with Crippen molar-refractivity contribution < 1.29 is 8.42 Å². The molecule has 0 aliphatic carbocycles. The predicted molar refractivity (Wildman–Crippen MR) is 77.2 cm³/mol. The topological polar surface area (TPSA) is 68.3 Å². The molecule has 0 aliphatic heterocycles. The van der Waals surface area contributed by atoms with Crippen molar-refractivity contribution in [3.8, 4) is 0 Å². The van der Waals surface area contributed by atoms with Crippen LogP contribution in [0.25, 0.3) is 0 Å². The van der Waals surface area contributed by atoms with Gasteiger partial charge in [0.2, 0.25) is 10.0 Å². The Hall–Kier alpha value is -0.850. The van der Waals surface area contributed by atoms with Gasteiger partial charge in [-0.15, -0.1) is 0 Å². The second kappa shape index (κ2) is 6.54. The lowest BCUT2D eigenvalue weighted by Gasteiger charge is -2.22. The Balaban J connectivity index is 3.06. The fraction of sp³-hybridized carbons (Fsp3) is 0.692. The molecule has 5 nitrogen and oxygen atoms in total. The minimum atomic E-state index is -3.41. The van der Waals surface area contributed by atoms with E-state index in [1.54, 1.807) is 16.8 Å². The number of nitrogens with zero attached hydrogens (tertiary/aromatic N) is 2. The normalized spacial score (nSPS) is 14.0. The number of aromatic nitrogens is 1. The van der Waals surface area contributed by atoms with E-state index < -0.39 is 10.0 Å². The Labute approximate surface area is 116 Å². The zero-order chi connectivity index (χ0) is 14.6. The number of hydrogen-bond acceptors (Lipinski definition) is 3. The summed E-state index contributed by atoms with van der Waals surface area (Å²) in [6.07, 6.45) is 2.60. The Morgan fingerprint density at radius 1 is 1.42 bits per heavy atom. The van der Waals surface area contributed by atoms with Gasteiger partial charge in [-0.05, 0) is 12.0 Å². The Morgan fingerprint density at radius 2 is 2.05 bits per heavy atom. The fourth-order valence-corrected chi connectivity index (χ4v) is 3.61. The van der Waals surface area contributed by atoms with Crippen molar-refractivity contribution in [1.82, 2.24) is 8.87 Å². The van der Waals surface area contributed by atoms with Crippen LogP contribution < -0.4 is 5.73 Å². The van der Waals surface area contributed by atoms with Gasteiger partial charge in [-0.1, -0.05) is 27.2 Å². The second-order valence-corrected chi connectivity index (χ2v) is 6.89. The number of hydrogen-bond donors (Lipinski definition) is 1. The number of sulfonamides is 1. The van der Waals surface area contributed by atoms with Crippen molar-refractivity contribution in [2.24, 2.45) is 18.7 Å². The molecule has 0 aromatic carbocycles. The minimum Gasteiger partial charge on any atom is -0.352 e. The molecule has 0 aliphatic rings. The standard InChI is InChI=1S/C13H25N3O2S/c1-5-11(3)9-16(6-2)19(17,18)13-7-12(8-14)15(4)10-13/h7,10-11H,5-6,8-9,14H2,1-4H3. The van der Waals surface area contributed by atoms with Gasteiger partial charge in [-0.25, -0.2) is 8.42 Å². The first-order valence-electron chi connectivity index (χ1n) is 6.72. The van der Waals surface area contributed by atoms with Crippen LogP contribution in [0.15, 0.2) is 17.2 Å². The first-order valence-corrected chi connectivity index (χ1v) is 8.16. The van der Waals surface area contributed by atoms with Gasteiger partial charge in [-0.2, -0.15) is 4.31 Å². The van der Waals surface area contributed by atoms with Crippen molar-refractivity contribution >= 4 is 10.0 Å². The van der Waals surface area contributed by atoms with Crippen LogP contribution in [0.1, 0.15) is 32.9 Å². The highest BCUT2D eigenvalue weighted by Crippen LogP contribution is 2.20. The van der Waals surface area contributed by atoms with Gasteiger partial charge in [0, 0.05) is 38.6 Å². The molecule has 19 heavy (non-hydrogen) atoms. The molecule has 2 N–H and O–H groups in total. The van der Waals surface area contributed by atoms with Gasteiger partial charge in [0.1, 0.15) is 4.90 Å². The molecule has 1 aromatic heterocycles.